The van der Waals surface area contributed by atoms with Gasteiger partial charge in [-0.1, -0.05) is 0 Å². The van der Waals surface area contributed by atoms with Gasteiger partial charge in [-0.15, -0.1) is 0 Å². The molecule has 1 heterocycles. The van der Waals surface area contributed by atoms with E-state index < -0.39 is 0 Å². The van der Waals surface area contributed by atoms with Gasteiger partial charge in [0, 0.05) is 0 Å². The molecule has 0 saturated carbocycles. The molecule has 0 unspecified atom stereocenters. The molecule has 1 aromatic carbocycles. The van der Waals surface area contributed by atoms with Gasteiger partial charge in [-0.05, 0) is 0 Å². The second kappa shape index (κ2) is 4.22. The van der Waals surface area contributed by atoms with Crippen LogP contribution < -0.4 is 3.07 Å². The number of hydrogen-bond donors (Lipinski definition) is 0. The number of aromatic nitrogens is 1. The second-order valence-electron chi connectivity index (χ2n) is 3.36. The Morgan fingerprint density at radius 2 is 1.86 bits per heavy atom. The van der Waals surface area contributed by atoms with E-state index in [0.717, 1.165) is 11.4 Å². The van der Waals surface area contributed by atoms with Crippen LogP contribution in [0, 0.1) is 6.92 Å². The Morgan fingerprint density at radius 3 is 2.57 bits per heavy atom. The SMILES string of the molecule is Cc1cccc(-c2ccc[c]([Hg])c2)n1. The Hall–Kier alpha value is -0.695. The first-order chi connectivity index (χ1) is 6.75. The van der Waals surface area contributed by atoms with E-state index in [4.69, 9.17) is 0 Å². The fourth-order valence-corrected chi connectivity index (χ4v) is 2.82. The van der Waals surface area contributed by atoms with E-state index in [2.05, 4.69) is 41.4 Å². The van der Waals surface area contributed by atoms with Crippen LogP contribution >= 0.6 is 0 Å². The third kappa shape index (κ3) is 2.21. The van der Waals surface area contributed by atoms with Crippen molar-refractivity contribution in [3.05, 3.63) is 48.2 Å². The zero-order valence-corrected chi connectivity index (χ0v) is 13.7. The fourth-order valence-electron chi connectivity index (χ4n) is 1.43. The molecular weight excluding hydrogens is 359 g/mol. The average Bonchev–Trinajstić information content (AvgIpc) is 2.18. The van der Waals surface area contributed by atoms with E-state index in [1.807, 2.05) is 13.0 Å². The number of benzene rings is 1. The second-order valence-corrected chi connectivity index (χ2v) is 6.54. The first kappa shape index (κ1) is 9.84. The number of pyridine rings is 1. The number of nitrogens with zero attached hydrogens (tertiary/aromatic N) is 1. The molecule has 2 rings (SSSR count). The summed E-state index contributed by atoms with van der Waals surface area (Å²) >= 11 is 0.693. The van der Waals surface area contributed by atoms with Crippen LogP contribution in [0.3, 0.4) is 0 Å². The molecule has 0 N–H and O–H groups in total. The molecule has 0 fully saturated rings. The number of hydrogen-bond acceptors (Lipinski definition) is 1. The van der Waals surface area contributed by atoms with Gasteiger partial charge in [0.1, 0.15) is 0 Å². The van der Waals surface area contributed by atoms with Crippen LogP contribution in [0.15, 0.2) is 42.5 Å². The summed E-state index contributed by atoms with van der Waals surface area (Å²) in [7, 11) is 0. The molecule has 0 radical (unpaired) electrons. The summed E-state index contributed by atoms with van der Waals surface area (Å²) in [6, 6.07) is 14.8. The van der Waals surface area contributed by atoms with Crippen molar-refractivity contribution in [3.8, 4) is 11.3 Å². The maximum atomic E-state index is 4.51. The predicted molar refractivity (Wildman–Crippen MR) is 54.0 cm³/mol. The monoisotopic (exact) mass is 370 g/mol. The Labute approximate surface area is 100 Å². The van der Waals surface area contributed by atoms with Crippen LogP contribution in [-0.4, -0.2) is 4.98 Å². The summed E-state index contributed by atoms with van der Waals surface area (Å²) in [4.78, 5) is 4.51. The summed E-state index contributed by atoms with van der Waals surface area (Å²) < 4.78 is 1.46. The van der Waals surface area contributed by atoms with Gasteiger partial charge in [0.25, 0.3) is 0 Å². The third-order valence-electron chi connectivity index (χ3n) is 2.11. The molecule has 0 saturated heterocycles. The van der Waals surface area contributed by atoms with Crippen molar-refractivity contribution >= 4 is 3.07 Å². The minimum atomic E-state index is 0.693. The molecule has 0 spiro atoms. The van der Waals surface area contributed by atoms with Gasteiger partial charge >= 0.3 is 101 Å². The summed E-state index contributed by atoms with van der Waals surface area (Å²) in [6.07, 6.45) is 0. The van der Waals surface area contributed by atoms with Crippen LogP contribution in [-0.2, 0) is 26.1 Å². The zero-order valence-electron chi connectivity index (χ0n) is 8.20. The van der Waals surface area contributed by atoms with Crippen LogP contribution in [0.4, 0.5) is 0 Å². The van der Waals surface area contributed by atoms with E-state index in [9.17, 15) is 0 Å². The van der Waals surface area contributed by atoms with E-state index in [-0.39, 0.29) is 0 Å². The molecule has 0 aliphatic carbocycles. The first-order valence-electron chi connectivity index (χ1n) is 4.62. The van der Waals surface area contributed by atoms with Crippen molar-refractivity contribution in [2.24, 2.45) is 0 Å². The van der Waals surface area contributed by atoms with Crippen molar-refractivity contribution in [2.45, 2.75) is 6.92 Å². The quantitative estimate of drug-likeness (QED) is 0.703. The van der Waals surface area contributed by atoms with E-state index in [1.165, 1.54) is 8.64 Å². The van der Waals surface area contributed by atoms with Crippen molar-refractivity contribution in [3.63, 3.8) is 0 Å². The van der Waals surface area contributed by atoms with Gasteiger partial charge in [0.05, 0.1) is 0 Å². The van der Waals surface area contributed by atoms with Crippen molar-refractivity contribution in [1.82, 2.24) is 4.98 Å². The standard InChI is InChI=1S/C12H10N.Hg/c1-10-6-5-9-12(13-10)11-7-3-2-4-8-11;/h2-3,5-9H,1H3;. The Bertz CT molecular complexity index is 408. The summed E-state index contributed by atoms with van der Waals surface area (Å²) in [5, 5.41) is 0. The van der Waals surface area contributed by atoms with Crippen molar-refractivity contribution < 1.29 is 26.1 Å². The molecule has 0 bridgehead atoms. The Kier molecular flexibility index (Phi) is 2.97. The third-order valence-corrected chi connectivity index (χ3v) is 3.82. The molecule has 0 aliphatic heterocycles. The molecule has 1 nitrogen and oxygen atoms in total. The van der Waals surface area contributed by atoms with Gasteiger partial charge in [-0.3, -0.25) is 0 Å². The maximum absolute atomic E-state index is 4.51. The molecule has 2 aromatic rings. The number of aryl methyl sites for hydroxylation is 1. The van der Waals surface area contributed by atoms with Crippen LogP contribution in [0.5, 0.6) is 0 Å². The van der Waals surface area contributed by atoms with Gasteiger partial charge < -0.3 is 0 Å². The predicted octanol–water partition coefficient (Wildman–Crippen LogP) is 2.23. The summed E-state index contributed by atoms with van der Waals surface area (Å²) in [6.45, 7) is 2.03. The molecule has 14 heavy (non-hydrogen) atoms. The van der Waals surface area contributed by atoms with E-state index >= 15 is 0 Å². The zero-order chi connectivity index (χ0) is 9.97. The van der Waals surface area contributed by atoms with E-state index in [1.54, 1.807) is 0 Å². The van der Waals surface area contributed by atoms with Crippen LogP contribution in [0.1, 0.15) is 5.69 Å². The van der Waals surface area contributed by atoms with Crippen molar-refractivity contribution in [1.29, 1.82) is 0 Å². The Balaban J connectivity index is 2.49. The van der Waals surface area contributed by atoms with E-state index in [0.29, 0.717) is 26.1 Å². The topological polar surface area (TPSA) is 12.9 Å². The molecule has 0 aliphatic rings. The molecule has 1 aromatic heterocycles. The van der Waals surface area contributed by atoms with Crippen LogP contribution in [0.25, 0.3) is 11.3 Å². The van der Waals surface area contributed by atoms with Crippen molar-refractivity contribution in [2.75, 3.05) is 0 Å². The van der Waals surface area contributed by atoms with Crippen LogP contribution in [0.2, 0.25) is 0 Å². The van der Waals surface area contributed by atoms with Gasteiger partial charge in [0.2, 0.25) is 0 Å². The average molecular weight is 369 g/mol. The van der Waals surface area contributed by atoms with Gasteiger partial charge in [-0.2, -0.15) is 0 Å². The first-order valence-corrected chi connectivity index (χ1v) is 7.37. The fraction of sp³-hybridized carbons (Fsp3) is 0.0833. The van der Waals surface area contributed by atoms with Gasteiger partial charge in [-0.25, -0.2) is 0 Å². The Morgan fingerprint density at radius 1 is 1.07 bits per heavy atom. The number of rotatable bonds is 1. The minimum absolute atomic E-state index is 0.693. The molecule has 65 valence electrons. The molecular formula is C12H10HgN. The van der Waals surface area contributed by atoms with Gasteiger partial charge in [0.15, 0.2) is 0 Å². The molecule has 2 heteroatoms. The molecule has 0 atom stereocenters. The molecule has 0 amide bonds. The summed E-state index contributed by atoms with van der Waals surface area (Å²) in [5.41, 5.74) is 3.39. The summed E-state index contributed by atoms with van der Waals surface area (Å²) in [5.74, 6) is 0. The normalized spacial score (nSPS) is 10.2.